The van der Waals surface area contributed by atoms with E-state index in [0.29, 0.717) is 22.8 Å². The third kappa shape index (κ3) is 2.32. The molecule has 1 fully saturated rings. The molecule has 2 nitrogen and oxygen atoms in total. The Kier molecular flexibility index (Phi) is 3.18. The topological polar surface area (TPSA) is 17.8 Å². The molecule has 1 aromatic carbocycles. The van der Waals surface area contributed by atoms with Crippen molar-refractivity contribution in [3.8, 4) is 0 Å². The summed E-state index contributed by atoms with van der Waals surface area (Å²) >= 11 is 11.8. The van der Waals surface area contributed by atoms with Gasteiger partial charge in [0, 0.05) is 23.9 Å². The van der Waals surface area contributed by atoms with Crippen LogP contribution in [0.2, 0.25) is 5.02 Å². The van der Waals surface area contributed by atoms with Gasteiger partial charge in [0.25, 0.3) is 0 Å². The van der Waals surface area contributed by atoms with Crippen molar-refractivity contribution in [2.45, 2.75) is 37.1 Å². The third-order valence-corrected chi connectivity index (χ3v) is 4.06. The molecule has 0 N–H and O–H groups in total. The van der Waals surface area contributed by atoms with Crippen LogP contribution >= 0.6 is 23.2 Å². The molecule has 0 bridgehead atoms. The molecule has 2 aromatic rings. The lowest BCUT2D eigenvalue weighted by Crippen LogP contribution is -2.13. The Morgan fingerprint density at radius 2 is 2.21 bits per heavy atom. The molecule has 3 rings (SSSR count). The summed E-state index contributed by atoms with van der Waals surface area (Å²) in [7, 11) is 0. The molecule has 1 unspecified atom stereocenters. The summed E-state index contributed by atoms with van der Waals surface area (Å²) in [6, 6.07) is 5.05. The van der Waals surface area contributed by atoms with Gasteiger partial charge in [0.15, 0.2) is 0 Å². The Hall–Kier alpha value is -0.870. The second-order valence-electron chi connectivity index (χ2n) is 4.92. The van der Waals surface area contributed by atoms with Crippen LogP contribution in [0.3, 0.4) is 0 Å². The number of nitrogens with zero attached hydrogens (tertiary/aromatic N) is 2. The molecule has 0 saturated heterocycles. The van der Waals surface area contributed by atoms with E-state index in [2.05, 4.69) is 4.98 Å². The molecule has 1 heterocycles. The van der Waals surface area contributed by atoms with Crippen LogP contribution in [0.25, 0.3) is 11.0 Å². The molecule has 1 aliphatic rings. The van der Waals surface area contributed by atoms with E-state index in [1.165, 1.54) is 0 Å². The molecular weight excluding hydrogens is 293 g/mol. The highest BCUT2D eigenvalue weighted by Crippen LogP contribution is 2.43. The predicted molar refractivity (Wildman–Crippen MR) is 72.1 cm³/mol. The van der Waals surface area contributed by atoms with E-state index in [1.54, 1.807) is 12.1 Å². The minimum Gasteiger partial charge on any atom is -0.324 e. The zero-order chi connectivity index (χ0) is 13.6. The summed E-state index contributed by atoms with van der Waals surface area (Å²) < 4.78 is 28.6. The van der Waals surface area contributed by atoms with Gasteiger partial charge in [0.1, 0.15) is 5.82 Å². The number of fused-ring (bicyclic) bond motifs is 1. The Labute approximate surface area is 119 Å². The lowest BCUT2D eigenvalue weighted by Gasteiger charge is -2.16. The Morgan fingerprint density at radius 1 is 1.42 bits per heavy atom. The van der Waals surface area contributed by atoms with Crippen molar-refractivity contribution in [1.82, 2.24) is 9.55 Å². The maximum Gasteiger partial charge on any atom is 0.250 e. The first-order valence-electron chi connectivity index (χ1n) is 6.10. The van der Waals surface area contributed by atoms with Gasteiger partial charge >= 0.3 is 0 Å². The first kappa shape index (κ1) is 13.1. The Balaban J connectivity index is 2.11. The highest BCUT2D eigenvalue weighted by Gasteiger charge is 2.41. The first-order chi connectivity index (χ1) is 9.00. The number of hydrogen-bond donors (Lipinski definition) is 0. The fourth-order valence-corrected chi connectivity index (χ4v) is 3.13. The summed E-state index contributed by atoms with van der Waals surface area (Å²) in [5.41, 5.74) is 1.53. The second kappa shape index (κ2) is 4.60. The number of benzene rings is 1. The lowest BCUT2D eigenvalue weighted by atomic mass is 10.2. The van der Waals surface area contributed by atoms with E-state index in [-0.39, 0.29) is 24.8 Å². The van der Waals surface area contributed by atoms with Gasteiger partial charge in [0.05, 0.1) is 16.9 Å². The molecule has 6 heteroatoms. The molecule has 0 radical (unpaired) electrons. The van der Waals surface area contributed by atoms with E-state index in [0.717, 1.165) is 5.52 Å². The van der Waals surface area contributed by atoms with Crippen LogP contribution in [0.15, 0.2) is 18.2 Å². The average Bonchev–Trinajstić information content (AvgIpc) is 2.88. The quantitative estimate of drug-likeness (QED) is 0.729. The summed E-state index contributed by atoms with van der Waals surface area (Å²) in [5.74, 6) is -1.76. The van der Waals surface area contributed by atoms with Crippen molar-refractivity contribution in [3.05, 3.63) is 29.0 Å². The van der Waals surface area contributed by atoms with Crippen LogP contribution in [0, 0.1) is 0 Å². The van der Waals surface area contributed by atoms with E-state index >= 15 is 0 Å². The molecule has 19 heavy (non-hydrogen) atoms. The number of halogens is 4. The van der Waals surface area contributed by atoms with Crippen molar-refractivity contribution >= 4 is 34.2 Å². The van der Waals surface area contributed by atoms with E-state index < -0.39 is 5.92 Å². The van der Waals surface area contributed by atoms with Crippen LogP contribution in [0.1, 0.15) is 31.1 Å². The van der Waals surface area contributed by atoms with Crippen molar-refractivity contribution in [1.29, 1.82) is 0 Å². The molecule has 0 spiro atoms. The average molecular weight is 305 g/mol. The zero-order valence-electron chi connectivity index (χ0n) is 10.0. The highest BCUT2D eigenvalue weighted by atomic mass is 35.5. The summed E-state index contributed by atoms with van der Waals surface area (Å²) in [5, 5.41) is 0.579. The maximum atomic E-state index is 13.4. The van der Waals surface area contributed by atoms with Gasteiger partial charge < -0.3 is 4.57 Å². The van der Waals surface area contributed by atoms with Gasteiger partial charge in [-0.2, -0.15) is 0 Å². The van der Waals surface area contributed by atoms with Crippen LogP contribution < -0.4 is 0 Å². The summed E-state index contributed by atoms with van der Waals surface area (Å²) in [6.07, 6.45) is 0.225. The maximum absolute atomic E-state index is 13.4. The first-order valence-corrected chi connectivity index (χ1v) is 7.01. The van der Waals surface area contributed by atoms with Crippen molar-refractivity contribution in [2.24, 2.45) is 0 Å². The Morgan fingerprint density at radius 3 is 2.84 bits per heavy atom. The van der Waals surface area contributed by atoms with Gasteiger partial charge in [-0.3, -0.25) is 0 Å². The lowest BCUT2D eigenvalue weighted by molar-refractivity contribution is 0.00571. The molecule has 1 atom stereocenters. The summed E-state index contributed by atoms with van der Waals surface area (Å²) in [6.45, 7) is 0. The van der Waals surface area contributed by atoms with Gasteiger partial charge in [-0.05, 0) is 24.6 Å². The molecule has 102 valence electrons. The van der Waals surface area contributed by atoms with Crippen LogP contribution in [-0.4, -0.2) is 15.5 Å². The van der Waals surface area contributed by atoms with Crippen molar-refractivity contribution in [3.63, 3.8) is 0 Å². The monoisotopic (exact) mass is 304 g/mol. The molecule has 1 aliphatic carbocycles. The zero-order valence-corrected chi connectivity index (χ0v) is 11.6. The number of imidazole rings is 1. The third-order valence-electron chi connectivity index (χ3n) is 3.59. The van der Waals surface area contributed by atoms with E-state index in [1.807, 2.05) is 10.6 Å². The van der Waals surface area contributed by atoms with E-state index in [4.69, 9.17) is 23.2 Å². The van der Waals surface area contributed by atoms with Crippen molar-refractivity contribution < 1.29 is 8.78 Å². The van der Waals surface area contributed by atoms with Gasteiger partial charge in [-0.1, -0.05) is 11.6 Å². The van der Waals surface area contributed by atoms with Crippen LogP contribution in [-0.2, 0) is 5.88 Å². The molecule has 0 amide bonds. The number of alkyl halides is 3. The standard InChI is InChI=1S/C13H12Cl2F2N2/c14-7-12-18-10-5-8(15)1-2-11(10)19(12)9-3-4-13(16,17)6-9/h1-2,5,9H,3-4,6-7H2. The number of hydrogen-bond acceptors (Lipinski definition) is 1. The molecule has 1 saturated carbocycles. The second-order valence-corrected chi connectivity index (χ2v) is 5.62. The predicted octanol–water partition coefficient (Wildman–Crippen LogP) is 4.79. The molecular formula is C13H12Cl2F2N2. The van der Waals surface area contributed by atoms with Gasteiger partial charge in [-0.15, -0.1) is 11.6 Å². The van der Waals surface area contributed by atoms with Gasteiger partial charge in [-0.25, -0.2) is 13.8 Å². The normalized spacial score (nSPS) is 22.2. The van der Waals surface area contributed by atoms with Crippen LogP contribution in [0.4, 0.5) is 8.78 Å². The summed E-state index contributed by atoms with van der Waals surface area (Å²) in [4.78, 5) is 4.39. The molecule has 0 aliphatic heterocycles. The van der Waals surface area contributed by atoms with Crippen LogP contribution in [0.5, 0.6) is 0 Å². The highest BCUT2D eigenvalue weighted by molar-refractivity contribution is 6.31. The van der Waals surface area contributed by atoms with Gasteiger partial charge in [0.2, 0.25) is 5.92 Å². The largest absolute Gasteiger partial charge is 0.324 e. The Bertz CT molecular complexity index is 624. The SMILES string of the molecule is FC1(F)CCC(n2c(CCl)nc3cc(Cl)ccc32)C1. The fraction of sp³-hybridized carbons (Fsp3) is 0.462. The minimum atomic E-state index is -2.59. The van der Waals surface area contributed by atoms with E-state index in [9.17, 15) is 8.78 Å². The smallest absolute Gasteiger partial charge is 0.250 e. The van der Waals surface area contributed by atoms with Crippen molar-refractivity contribution in [2.75, 3.05) is 0 Å². The number of aromatic nitrogens is 2. The fourth-order valence-electron chi connectivity index (χ4n) is 2.77. The number of rotatable bonds is 2. The molecule has 1 aromatic heterocycles. The minimum absolute atomic E-state index is 0.0767.